The third-order valence-corrected chi connectivity index (χ3v) is 3.16. The third-order valence-electron chi connectivity index (χ3n) is 1.79. The van der Waals surface area contributed by atoms with E-state index < -0.39 is 0 Å². The highest BCUT2D eigenvalue weighted by molar-refractivity contribution is 7.99. The maximum absolute atomic E-state index is 11.6. The van der Waals surface area contributed by atoms with Crippen LogP contribution in [0, 0.1) is 5.92 Å². The molecule has 0 aliphatic heterocycles. The Hall–Kier alpha value is -0.770. The molecule has 0 radical (unpaired) electrons. The Morgan fingerprint density at radius 3 is 2.86 bits per heavy atom. The first-order chi connectivity index (χ1) is 6.61. The van der Waals surface area contributed by atoms with E-state index in [1.807, 2.05) is 0 Å². The van der Waals surface area contributed by atoms with Gasteiger partial charge in [-0.1, -0.05) is 13.8 Å². The molecule has 0 aliphatic rings. The van der Waals surface area contributed by atoms with Crippen LogP contribution in [0.5, 0.6) is 0 Å². The van der Waals surface area contributed by atoms with Crippen LogP contribution in [-0.2, 0) is 7.05 Å². The van der Waals surface area contributed by atoms with E-state index in [2.05, 4.69) is 18.9 Å². The first-order valence-electron chi connectivity index (χ1n) is 4.70. The predicted octanol–water partition coefficient (Wildman–Crippen LogP) is 1.99. The summed E-state index contributed by atoms with van der Waals surface area (Å²) in [5.74, 6) is 2.39. The molecule has 0 atom stereocenters. The molecular weight excluding hydrogens is 196 g/mol. The molecule has 0 spiro atoms. The zero-order valence-electron chi connectivity index (χ0n) is 8.86. The van der Waals surface area contributed by atoms with Gasteiger partial charge in [0.2, 0.25) is 0 Å². The molecule has 0 saturated heterocycles. The summed E-state index contributed by atoms with van der Waals surface area (Å²) in [6.07, 6.45) is 1.65. The van der Waals surface area contributed by atoms with Gasteiger partial charge in [0.25, 0.3) is 0 Å². The van der Waals surface area contributed by atoms with Crippen LogP contribution < -0.4 is 0 Å². The summed E-state index contributed by atoms with van der Waals surface area (Å²) in [5, 5.41) is 3.97. The van der Waals surface area contributed by atoms with Crippen LogP contribution in [0.1, 0.15) is 24.3 Å². The standard InChI is InChI=1S/C10H16N2OS/c1-8(2)6-14-7-10(13)9-4-5-11-12(9)3/h4-5,8H,6-7H2,1-3H3. The lowest BCUT2D eigenvalue weighted by atomic mass is 10.3. The molecule has 1 aromatic rings. The zero-order chi connectivity index (χ0) is 10.6. The largest absolute Gasteiger partial charge is 0.292 e. The molecule has 0 aromatic carbocycles. The molecule has 0 bridgehead atoms. The molecule has 4 heteroatoms. The second-order valence-corrected chi connectivity index (χ2v) is 4.70. The maximum atomic E-state index is 11.6. The van der Waals surface area contributed by atoms with Crippen molar-refractivity contribution in [2.75, 3.05) is 11.5 Å². The molecule has 0 aliphatic carbocycles. The van der Waals surface area contributed by atoms with Gasteiger partial charge in [0, 0.05) is 13.2 Å². The molecule has 14 heavy (non-hydrogen) atoms. The Kier molecular flexibility index (Phi) is 4.20. The quantitative estimate of drug-likeness (QED) is 0.700. The highest BCUT2D eigenvalue weighted by atomic mass is 32.2. The van der Waals surface area contributed by atoms with Gasteiger partial charge in [-0.2, -0.15) is 16.9 Å². The highest BCUT2D eigenvalue weighted by Crippen LogP contribution is 2.10. The second-order valence-electron chi connectivity index (χ2n) is 3.67. The number of rotatable bonds is 5. The zero-order valence-corrected chi connectivity index (χ0v) is 9.67. The van der Waals surface area contributed by atoms with Crippen molar-refractivity contribution in [3.63, 3.8) is 0 Å². The van der Waals surface area contributed by atoms with Crippen LogP contribution in [-0.4, -0.2) is 27.1 Å². The summed E-state index contributed by atoms with van der Waals surface area (Å²) in [6, 6.07) is 1.76. The van der Waals surface area contributed by atoms with Gasteiger partial charge in [-0.05, 0) is 17.7 Å². The fourth-order valence-corrected chi connectivity index (χ4v) is 2.03. The van der Waals surface area contributed by atoms with Crippen LogP contribution in [0.25, 0.3) is 0 Å². The SMILES string of the molecule is CC(C)CSCC(=O)c1ccnn1C. The minimum absolute atomic E-state index is 0.163. The van der Waals surface area contributed by atoms with Crippen molar-refractivity contribution in [2.24, 2.45) is 13.0 Å². The number of thioether (sulfide) groups is 1. The van der Waals surface area contributed by atoms with E-state index >= 15 is 0 Å². The van der Waals surface area contributed by atoms with Crippen molar-refractivity contribution >= 4 is 17.5 Å². The summed E-state index contributed by atoms with van der Waals surface area (Å²) in [6.45, 7) is 4.31. The molecule has 0 N–H and O–H groups in total. The van der Waals surface area contributed by atoms with Gasteiger partial charge in [-0.25, -0.2) is 0 Å². The van der Waals surface area contributed by atoms with E-state index in [1.165, 1.54) is 0 Å². The first-order valence-corrected chi connectivity index (χ1v) is 5.85. The fraction of sp³-hybridized carbons (Fsp3) is 0.600. The van der Waals surface area contributed by atoms with Crippen molar-refractivity contribution in [2.45, 2.75) is 13.8 Å². The molecule has 0 amide bonds. The number of hydrogen-bond donors (Lipinski definition) is 0. The molecule has 78 valence electrons. The van der Waals surface area contributed by atoms with E-state index in [-0.39, 0.29) is 5.78 Å². The molecule has 0 fully saturated rings. The van der Waals surface area contributed by atoms with Crippen molar-refractivity contribution in [1.82, 2.24) is 9.78 Å². The summed E-state index contributed by atoms with van der Waals surface area (Å²) in [7, 11) is 1.79. The van der Waals surface area contributed by atoms with E-state index in [0.717, 1.165) is 5.75 Å². The minimum Gasteiger partial charge on any atom is -0.292 e. The molecule has 1 heterocycles. The van der Waals surface area contributed by atoms with Crippen LogP contribution in [0.3, 0.4) is 0 Å². The number of ketones is 1. The Balaban J connectivity index is 2.40. The predicted molar refractivity (Wildman–Crippen MR) is 59.7 cm³/mol. The maximum Gasteiger partial charge on any atom is 0.190 e. The van der Waals surface area contributed by atoms with Gasteiger partial charge in [0.05, 0.1) is 5.75 Å². The van der Waals surface area contributed by atoms with Gasteiger partial charge < -0.3 is 0 Å². The highest BCUT2D eigenvalue weighted by Gasteiger charge is 2.09. The molecule has 0 unspecified atom stereocenters. The van der Waals surface area contributed by atoms with Gasteiger partial charge >= 0.3 is 0 Å². The summed E-state index contributed by atoms with van der Waals surface area (Å²) in [4.78, 5) is 11.6. The van der Waals surface area contributed by atoms with Crippen LogP contribution in [0.2, 0.25) is 0 Å². The first kappa shape index (κ1) is 11.3. The van der Waals surface area contributed by atoms with Crippen LogP contribution >= 0.6 is 11.8 Å². The number of aromatic nitrogens is 2. The van der Waals surface area contributed by atoms with Crippen LogP contribution in [0.15, 0.2) is 12.3 Å². The second kappa shape index (κ2) is 5.20. The Morgan fingerprint density at radius 1 is 1.64 bits per heavy atom. The van der Waals surface area contributed by atoms with E-state index in [1.54, 1.807) is 35.8 Å². The summed E-state index contributed by atoms with van der Waals surface area (Å²) in [5.41, 5.74) is 0.696. The average Bonchev–Trinajstić information content (AvgIpc) is 2.50. The lowest BCUT2D eigenvalue weighted by Crippen LogP contribution is -2.10. The lowest BCUT2D eigenvalue weighted by Gasteiger charge is -2.03. The molecule has 1 aromatic heterocycles. The van der Waals surface area contributed by atoms with Crippen molar-refractivity contribution in [1.29, 1.82) is 0 Å². The molecule has 3 nitrogen and oxygen atoms in total. The smallest absolute Gasteiger partial charge is 0.190 e. The lowest BCUT2D eigenvalue weighted by molar-refractivity contribution is 0.101. The molecule has 0 saturated carbocycles. The normalized spacial score (nSPS) is 10.9. The van der Waals surface area contributed by atoms with E-state index in [4.69, 9.17) is 0 Å². The third kappa shape index (κ3) is 3.18. The van der Waals surface area contributed by atoms with E-state index in [0.29, 0.717) is 17.4 Å². The van der Waals surface area contributed by atoms with Crippen molar-refractivity contribution in [3.8, 4) is 0 Å². The summed E-state index contributed by atoms with van der Waals surface area (Å²) >= 11 is 1.69. The minimum atomic E-state index is 0.163. The Labute approximate surface area is 88.9 Å². The molecular formula is C10H16N2OS. The van der Waals surface area contributed by atoms with Crippen molar-refractivity contribution < 1.29 is 4.79 Å². The monoisotopic (exact) mass is 212 g/mol. The number of Topliss-reactive ketones (excluding diaryl/α,β-unsaturated/α-hetero) is 1. The van der Waals surface area contributed by atoms with Gasteiger partial charge in [0.1, 0.15) is 5.69 Å². The van der Waals surface area contributed by atoms with E-state index in [9.17, 15) is 4.79 Å². The number of hydrogen-bond acceptors (Lipinski definition) is 3. The number of nitrogens with zero attached hydrogens (tertiary/aromatic N) is 2. The number of carbonyl (C=O) groups is 1. The number of carbonyl (C=O) groups excluding carboxylic acids is 1. The fourth-order valence-electron chi connectivity index (χ4n) is 1.11. The average molecular weight is 212 g/mol. The van der Waals surface area contributed by atoms with Gasteiger partial charge in [-0.3, -0.25) is 9.48 Å². The number of aryl methyl sites for hydroxylation is 1. The summed E-state index contributed by atoms with van der Waals surface area (Å²) < 4.78 is 1.62. The van der Waals surface area contributed by atoms with Crippen molar-refractivity contribution in [3.05, 3.63) is 18.0 Å². The topological polar surface area (TPSA) is 34.9 Å². The van der Waals surface area contributed by atoms with Gasteiger partial charge in [0.15, 0.2) is 5.78 Å². The van der Waals surface area contributed by atoms with Crippen LogP contribution in [0.4, 0.5) is 0 Å². The Morgan fingerprint density at radius 2 is 2.36 bits per heavy atom. The van der Waals surface area contributed by atoms with Gasteiger partial charge in [-0.15, -0.1) is 0 Å². The Bertz CT molecular complexity index is 307. The molecule has 1 rings (SSSR count).